The topological polar surface area (TPSA) is 84.9 Å². The second-order valence-corrected chi connectivity index (χ2v) is 16.6. The summed E-state index contributed by atoms with van der Waals surface area (Å²) in [5.41, 5.74) is 0. The Morgan fingerprint density at radius 2 is 0.786 bits per heavy atom. The molecule has 0 aromatic heterocycles. The summed E-state index contributed by atoms with van der Waals surface area (Å²) >= 11 is 0. The molecule has 0 aliphatic heterocycles. The number of nitrogens with one attached hydrogen (secondary N) is 1. The van der Waals surface area contributed by atoms with Gasteiger partial charge >= 0.3 is 11.9 Å². The minimum absolute atomic E-state index is 0.00194. The third-order valence-corrected chi connectivity index (χ3v) is 11.0. The lowest BCUT2D eigenvalue weighted by Crippen LogP contribution is -2.27. The summed E-state index contributed by atoms with van der Waals surface area (Å²) < 4.78 is 11.5. The SMILES string of the molecule is CCCCCCCCCOC(=O)CCCCCCCN(CCCC)CCCCCCCC(=O)OC(CCCCCCCC)CCCCCCCC.CNC(C)=O. The van der Waals surface area contributed by atoms with Crippen LogP contribution in [-0.2, 0) is 23.9 Å². The average Bonchev–Trinajstić information content (AvgIpc) is 3.19. The van der Waals surface area contributed by atoms with Crippen LogP contribution in [0.3, 0.4) is 0 Å². The van der Waals surface area contributed by atoms with Gasteiger partial charge in [0.25, 0.3) is 0 Å². The quantitative estimate of drug-likeness (QED) is 0.0489. The number of ether oxygens (including phenoxy) is 2. The van der Waals surface area contributed by atoms with E-state index < -0.39 is 0 Å². The zero-order chi connectivity index (χ0) is 41.6. The molecule has 56 heavy (non-hydrogen) atoms. The van der Waals surface area contributed by atoms with E-state index in [1.807, 2.05) is 0 Å². The first-order valence-corrected chi connectivity index (χ1v) is 24.6. The van der Waals surface area contributed by atoms with Gasteiger partial charge in [0, 0.05) is 26.8 Å². The van der Waals surface area contributed by atoms with Crippen molar-refractivity contribution in [3.63, 3.8) is 0 Å². The van der Waals surface area contributed by atoms with Crippen molar-refractivity contribution in [1.82, 2.24) is 10.2 Å². The van der Waals surface area contributed by atoms with E-state index in [0.717, 1.165) is 44.9 Å². The first kappa shape index (κ1) is 56.5. The fraction of sp³-hybridized carbons (Fsp3) is 0.939. The van der Waals surface area contributed by atoms with Crippen LogP contribution in [-0.4, -0.2) is 62.1 Å². The molecular formula is C49H98N2O5. The Hall–Kier alpha value is -1.63. The molecule has 0 aromatic carbocycles. The van der Waals surface area contributed by atoms with Gasteiger partial charge in [0.05, 0.1) is 6.61 Å². The van der Waals surface area contributed by atoms with E-state index in [-0.39, 0.29) is 23.9 Å². The zero-order valence-corrected chi connectivity index (χ0v) is 38.6. The lowest BCUT2D eigenvalue weighted by molar-refractivity contribution is -0.150. The molecule has 334 valence electrons. The van der Waals surface area contributed by atoms with Gasteiger partial charge in [-0.1, -0.05) is 175 Å². The van der Waals surface area contributed by atoms with Gasteiger partial charge in [-0.2, -0.15) is 0 Å². The van der Waals surface area contributed by atoms with Crippen LogP contribution >= 0.6 is 0 Å². The highest BCUT2D eigenvalue weighted by Crippen LogP contribution is 2.19. The van der Waals surface area contributed by atoms with Crippen molar-refractivity contribution in [2.24, 2.45) is 0 Å². The molecule has 0 bridgehead atoms. The molecule has 0 fully saturated rings. The summed E-state index contributed by atoms with van der Waals surface area (Å²) in [4.78, 5) is 37.1. The van der Waals surface area contributed by atoms with Gasteiger partial charge in [-0.25, -0.2) is 0 Å². The highest BCUT2D eigenvalue weighted by Gasteiger charge is 2.14. The van der Waals surface area contributed by atoms with Gasteiger partial charge < -0.3 is 19.7 Å². The third-order valence-electron chi connectivity index (χ3n) is 11.0. The largest absolute Gasteiger partial charge is 0.466 e. The number of hydrogen-bond acceptors (Lipinski definition) is 6. The van der Waals surface area contributed by atoms with Crippen molar-refractivity contribution in [1.29, 1.82) is 0 Å². The van der Waals surface area contributed by atoms with E-state index in [0.29, 0.717) is 19.4 Å². The van der Waals surface area contributed by atoms with Gasteiger partial charge in [0.1, 0.15) is 6.10 Å². The van der Waals surface area contributed by atoms with Crippen LogP contribution in [0.4, 0.5) is 0 Å². The van der Waals surface area contributed by atoms with E-state index in [1.54, 1.807) is 7.05 Å². The summed E-state index contributed by atoms with van der Waals surface area (Å²) in [5, 5.41) is 2.39. The van der Waals surface area contributed by atoms with Crippen molar-refractivity contribution < 1.29 is 23.9 Å². The summed E-state index contributed by atoms with van der Waals surface area (Å²) in [6.45, 7) is 14.8. The number of hydrogen-bond donors (Lipinski definition) is 1. The maximum absolute atomic E-state index is 12.7. The summed E-state index contributed by atoms with van der Waals surface area (Å²) in [7, 11) is 1.60. The second-order valence-electron chi connectivity index (χ2n) is 16.6. The Balaban J connectivity index is 0. The molecule has 0 aromatic rings. The van der Waals surface area contributed by atoms with E-state index in [9.17, 15) is 14.4 Å². The van der Waals surface area contributed by atoms with Crippen LogP contribution in [0, 0.1) is 0 Å². The Labute approximate surface area is 349 Å². The summed E-state index contributed by atoms with van der Waals surface area (Å²) in [6, 6.07) is 0. The molecule has 0 rings (SSSR count). The standard InChI is InChI=1S/C46H91NO4.C3H7NO/c1-5-9-13-16-19-28-35-43-50-45(48)38-31-24-20-26-33-41-47(40-12-8-4)42-34-27-21-25-32-39-46(49)51-44(36-29-22-17-14-10-6-2)37-30-23-18-15-11-7-3;1-3(5)4-2/h44H,5-43H2,1-4H3;1-2H3,(H,4,5). The number of esters is 2. The highest BCUT2D eigenvalue weighted by atomic mass is 16.5. The molecule has 7 nitrogen and oxygen atoms in total. The molecule has 0 unspecified atom stereocenters. The Bertz CT molecular complexity index is 806. The minimum atomic E-state index is -0.00194. The smallest absolute Gasteiger partial charge is 0.306 e. The van der Waals surface area contributed by atoms with Crippen molar-refractivity contribution in [3.8, 4) is 0 Å². The number of unbranched alkanes of at least 4 members (excludes halogenated alkanes) is 25. The number of nitrogens with zero attached hydrogens (tertiary/aromatic N) is 1. The highest BCUT2D eigenvalue weighted by molar-refractivity contribution is 5.72. The van der Waals surface area contributed by atoms with E-state index in [2.05, 4.69) is 37.9 Å². The number of carbonyl (C=O) groups is 3. The molecule has 0 aliphatic rings. The average molecular weight is 795 g/mol. The molecule has 7 heteroatoms. The van der Waals surface area contributed by atoms with E-state index >= 15 is 0 Å². The van der Waals surface area contributed by atoms with Gasteiger partial charge in [0.2, 0.25) is 5.91 Å². The monoisotopic (exact) mass is 795 g/mol. The van der Waals surface area contributed by atoms with Crippen LogP contribution in [0.15, 0.2) is 0 Å². The van der Waals surface area contributed by atoms with Crippen molar-refractivity contribution in [2.45, 2.75) is 265 Å². The first-order chi connectivity index (χ1) is 27.3. The van der Waals surface area contributed by atoms with Crippen LogP contribution in [0.5, 0.6) is 0 Å². The molecule has 0 atom stereocenters. The van der Waals surface area contributed by atoms with Crippen molar-refractivity contribution >= 4 is 17.8 Å². The molecule has 0 spiro atoms. The molecule has 0 heterocycles. The molecule has 0 aliphatic carbocycles. The van der Waals surface area contributed by atoms with Crippen LogP contribution < -0.4 is 5.32 Å². The second kappa shape index (κ2) is 47.7. The maximum atomic E-state index is 12.7. The van der Waals surface area contributed by atoms with Gasteiger partial charge in [-0.05, 0) is 83.8 Å². The first-order valence-electron chi connectivity index (χ1n) is 24.6. The molecule has 0 saturated carbocycles. The predicted octanol–water partition coefficient (Wildman–Crippen LogP) is 14.2. The predicted molar refractivity (Wildman–Crippen MR) is 241 cm³/mol. The number of rotatable bonds is 42. The Kier molecular flexibility index (Phi) is 48.1. The van der Waals surface area contributed by atoms with E-state index in [4.69, 9.17) is 9.47 Å². The van der Waals surface area contributed by atoms with Crippen LogP contribution in [0.1, 0.15) is 259 Å². The van der Waals surface area contributed by atoms with Crippen LogP contribution in [0.2, 0.25) is 0 Å². The molecule has 1 amide bonds. The van der Waals surface area contributed by atoms with Crippen molar-refractivity contribution in [3.05, 3.63) is 0 Å². The molecule has 0 saturated heterocycles. The van der Waals surface area contributed by atoms with Gasteiger partial charge in [0.15, 0.2) is 0 Å². The number of carbonyl (C=O) groups excluding carboxylic acids is 3. The lowest BCUT2D eigenvalue weighted by atomic mass is 10.0. The van der Waals surface area contributed by atoms with Crippen LogP contribution in [0.25, 0.3) is 0 Å². The lowest BCUT2D eigenvalue weighted by Gasteiger charge is -2.22. The Morgan fingerprint density at radius 1 is 0.446 bits per heavy atom. The fourth-order valence-corrected chi connectivity index (χ4v) is 7.12. The van der Waals surface area contributed by atoms with Crippen molar-refractivity contribution in [2.75, 3.05) is 33.3 Å². The third kappa shape index (κ3) is 46.8. The summed E-state index contributed by atoms with van der Waals surface area (Å²) in [5.74, 6) is 0.0457. The molecule has 1 N–H and O–H groups in total. The normalized spacial score (nSPS) is 11.1. The van der Waals surface area contributed by atoms with E-state index in [1.165, 1.54) is 193 Å². The number of amides is 1. The van der Waals surface area contributed by atoms with Gasteiger partial charge in [-0.15, -0.1) is 0 Å². The minimum Gasteiger partial charge on any atom is -0.466 e. The Morgan fingerprint density at radius 3 is 1.21 bits per heavy atom. The molecule has 0 radical (unpaired) electrons. The summed E-state index contributed by atoms with van der Waals surface area (Å²) in [6.07, 6.45) is 41.9. The molecular weight excluding hydrogens is 697 g/mol. The zero-order valence-electron chi connectivity index (χ0n) is 38.6. The maximum Gasteiger partial charge on any atom is 0.306 e. The fourth-order valence-electron chi connectivity index (χ4n) is 7.12. The van der Waals surface area contributed by atoms with Gasteiger partial charge in [-0.3, -0.25) is 14.4 Å².